The average Bonchev–Trinajstić information content (AvgIpc) is 3.06. The summed E-state index contributed by atoms with van der Waals surface area (Å²) in [7, 11) is -1.37. The van der Waals surface area contributed by atoms with Gasteiger partial charge in [0.15, 0.2) is 9.84 Å². The van der Waals surface area contributed by atoms with Crippen LogP contribution in [0.15, 0.2) is 71.9 Å². The molecule has 0 fully saturated rings. The number of sulfone groups is 1. The number of amides is 1. The fourth-order valence-corrected chi connectivity index (χ4v) is 3.48. The number of benzene rings is 2. The smallest absolute Gasteiger partial charge is 0.225 e. The van der Waals surface area contributed by atoms with Gasteiger partial charge in [-0.15, -0.1) is 0 Å². The summed E-state index contributed by atoms with van der Waals surface area (Å²) in [6, 6.07) is 15.6. The molecule has 1 amide bonds. The van der Waals surface area contributed by atoms with Crippen LogP contribution < -0.4 is 5.32 Å². The normalized spacial score (nSPS) is 12.5. The Hall–Kier alpha value is -2.93. The lowest BCUT2D eigenvalue weighted by Gasteiger charge is -2.19. The van der Waals surface area contributed by atoms with Gasteiger partial charge in [-0.3, -0.25) is 4.79 Å². The van der Waals surface area contributed by atoms with Gasteiger partial charge in [-0.2, -0.15) is 0 Å². The fourth-order valence-electron chi connectivity index (χ4n) is 2.85. The predicted octanol–water partition coefficient (Wildman–Crippen LogP) is 2.27. The first-order chi connectivity index (χ1) is 12.8. The Morgan fingerprint density at radius 1 is 1.11 bits per heavy atom. The molecule has 1 aromatic heterocycles. The highest BCUT2D eigenvalue weighted by Crippen LogP contribution is 2.20. The Morgan fingerprint density at radius 2 is 1.78 bits per heavy atom. The summed E-state index contributed by atoms with van der Waals surface area (Å²) in [4.78, 5) is 17.2. The van der Waals surface area contributed by atoms with Crippen molar-refractivity contribution < 1.29 is 13.2 Å². The Morgan fingerprint density at radius 3 is 2.33 bits per heavy atom. The number of hydrogen-bond donors (Lipinski definition) is 1. The third-order valence-corrected chi connectivity index (χ3v) is 5.40. The summed E-state index contributed by atoms with van der Waals surface area (Å²) in [5, 5.41) is 3.03. The number of nitrogens with zero attached hydrogens (tertiary/aromatic N) is 2. The zero-order chi connectivity index (χ0) is 19.4. The summed E-state index contributed by atoms with van der Waals surface area (Å²) in [5.74, 6) is 0.570. The van der Waals surface area contributed by atoms with Crippen LogP contribution >= 0.6 is 0 Å². The van der Waals surface area contributed by atoms with E-state index in [1.807, 2.05) is 48.1 Å². The number of carbonyl (C=O) groups excluding carboxylic acids is 1. The molecule has 3 aromatic rings. The summed E-state index contributed by atoms with van der Waals surface area (Å²) < 4.78 is 25.0. The van der Waals surface area contributed by atoms with E-state index in [0.717, 1.165) is 23.2 Å². The molecule has 7 heteroatoms. The lowest BCUT2D eigenvalue weighted by atomic mass is 10.1. The second-order valence-electron chi connectivity index (χ2n) is 6.40. The van der Waals surface area contributed by atoms with Gasteiger partial charge in [0.1, 0.15) is 11.9 Å². The van der Waals surface area contributed by atoms with E-state index in [2.05, 4.69) is 10.3 Å². The van der Waals surface area contributed by atoms with Crippen LogP contribution in [0.5, 0.6) is 0 Å². The number of rotatable bonds is 6. The number of nitrogens with one attached hydrogen (secondary N) is 1. The molecule has 2 aromatic carbocycles. The summed E-state index contributed by atoms with van der Waals surface area (Å²) >= 11 is 0. The van der Waals surface area contributed by atoms with Crippen LogP contribution in [-0.4, -0.2) is 30.1 Å². The predicted molar refractivity (Wildman–Crippen MR) is 103 cm³/mol. The van der Waals surface area contributed by atoms with E-state index in [1.165, 1.54) is 12.1 Å². The Balaban J connectivity index is 1.78. The van der Waals surface area contributed by atoms with Crippen molar-refractivity contribution in [2.45, 2.75) is 17.4 Å². The van der Waals surface area contributed by atoms with Crippen LogP contribution in [0.3, 0.4) is 0 Å². The zero-order valence-electron chi connectivity index (χ0n) is 15.2. The summed E-state index contributed by atoms with van der Waals surface area (Å²) in [6.07, 6.45) is 4.84. The van der Waals surface area contributed by atoms with Crippen LogP contribution in [0, 0.1) is 0 Å². The van der Waals surface area contributed by atoms with Crippen molar-refractivity contribution in [3.63, 3.8) is 0 Å². The standard InChI is InChI=1S/C20H21N3O3S/c1-23-13-12-21-20(23)19(16-6-4-3-5-7-16)22-18(24)14-15-8-10-17(11-9-15)27(2,25)26/h3-13,19H,14H2,1-2H3,(H,22,24). The summed E-state index contributed by atoms with van der Waals surface area (Å²) in [6.45, 7) is 0. The first-order valence-electron chi connectivity index (χ1n) is 8.45. The minimum absolute atomic E-state index is 0.151. The van der Waals surface area contributed by atoms with E-state index >= 15 is 0 Å². The van der Waals surface area contributed by atoms with Gasteiger partial charge in [0.2, 0.25) is 5.91 Å². The Bertz CT molecular complexity index is 1030. The first-order valence-corrected chi connectivity index (χ1v) is 10.3. The molecule has 0 bridgehead atoms. The van der Waals surface area contributed by atoms with Crippen molar-refractivity contribution >= 4 is 15.7 Å². The maximum atomic E-state index is 12.6. The molecular formula is C20H21N3O3S. The van der Waals surface area contributed by atoms with Crippen molar-refractivity contribution in [1.82, 2.24) is 14.9 Å². The minimum Gasteiger partial charge on any atom is -0.342 e. The zero-order valence-corrected chi connectivity index (χ0v) is 16.0. The van der Waals surface area contributed by atoms with Crippen LogP contribution in [-0.2, 0) is 28.1 Å². The van der Waals surface area contributed by atoms with Gasteiger partial charge in [0.25, 0.3) is 0 Å². The number of aryl methyl sites for hydroxylation is 1. The quantitative estimate of drug-likeness (QED) is 0.708. The van der Waals surface area contributed by atoms with Crippen molar-refractivity contribution in [1.29, 1.82) is 0 Å². The van der Waals surface area contributed by atoms with E-state index in [0.29, 0.717) is 0 Å². The third kappa shape index (κ3) is 4.62. The van der Waals surface area contributed by atoms with E-state index in [-0.39, 0.29) is 23.3 Å². The molecule has 3 rings (SSSR count). The van der Waals surface area contributed by atoms with Gasteiger partial charge < -0.3 is 9.88 Å². The first kappa shape index (κ1) is 18.8. The van der Waals surface area contributed by atoms with Gasteiger partial charge in [-0.1, -0.05) is 42.5 Å². The van der Waals surface area contributed by atoms with Crippen molar-refractivity contribution in [2.24, 2.45) is 7.05 Å². The second-order valence-corrected chi connectivity index (χ2v) is 8.42. The Kier molecular flexibility index (Phi) is 5.41. The molecular weight excluding hydrogens is 362 g/mol. The molecule has 0 radical (unpaired) electrons. The van der Waals surface area contributed by atoms with E-state index in [9.17, 15) is 13.2 Å². The molecule has 0 aliphatic carbocycles. The van der Waals surface area contributed by atoms with Crippen molar-refractivity contribution in [2.75, 3.05) is 6.26 Å². The van der Waals surface area contributed by atoms with E-state index < -0.39 is 9.84 Å². The van der Waals surface area contributed by atoms with Gasteiger partial charge in [-0.25, -0.2) is 13.4 Å². The SMILES string of the molecule is Cn1ccnc1C(NC(=O)Cc1ccc(S(C)(=O)=O)cc1)c1ccccc1. The van der Waals surface area contributed by atoms with Gasteiger partial charge in [0, 0.05) is 25.7 Å². The maximum absolute atomic E-state index is 12.6. The lowest BCUT2D eigenvalue weighted by molar-refractivity contribution is -0.121. The van der Waals surface area contributed by atoms with Crippen LogP contribution in [0.4, 0.5) is 0 Å². The minimum atomic E-state index is -3.25. The molecule has 1 heterocycles. The molecule has 1 N–H and O–H groups in total. The number of aromatic nitrogens is 2. The number of hydrogen-bond acceptors (Lipinski definition) is 4. The lowest BCUT2D eigenvalue weighted by Crippen LogP contribution is -2.32. The average molecular weight is 383 g/mol. The van der Waals surface area contributed by atoms with Gasteiger partial charge in [0.05, 0.1) is 11.3 Å². The molecule has 27 heavy (non-hydrogen) atoms. The van der Waals surface area contributed by atoms with Crippen molar-refractivity contribution in [3.05, 3.63) is 83.9 Å². The molecule has 140 valence electrons. The number of carbonyl (C=O) groups is 1. The number of imidazole rings is 1. The fraction of sp³-hybridized carbons (Fsp3) is 0.200. The van der Waals surface area contributed by atoms with Gasteiger partial charge >= 0.3 is 0 Å². The molecule has 1 atom stereocenters. The third-order valence-electron chi connectivity index (χ3n) is 4.27. The highest BCUT2D eigenvalue weighted by Gasteiger charge is 2.20. The topological polar surface area (TPSA) is 81.1 Å². The largest absolute Gasteiger partial charge is 0.342 e. The highest BCUT2D eigenvalue weighted by molar-refractivity contribution is 7.90. The molecule has 6 nitrogen and oxygen atoms in total. The molecule has 0 aliphatic rings. The molecule has 0 saturated carbocycles. The van der Waals surface area contributed by atoms with Crippen LogP contribution in [0.1, 0.15) is 23.0 Å². The molecule has 1 unspecified atom stereocenters. The van der Waals surface area contributed by atoms with Crippen molar-refractivity contribution in [3.8, 4) is 0 Å². The Labute approximate surface area is 158 Å². The van der Waals surface area contributed by atoms with Crippen LogP contribution in [0.25, 0.3) is 0 Å². The molecule has 0 saturated heterocycles. The van der Waals surface area contributed by atoms with E-state index in [1.54, 1.807) is 18.3 Å². The molecule has 0 aliphatic heterocycles. The van der Waals surface area contributed by atoms with Crippen LogP contribution in [0.2, 0.25) is 0 Å². The van der Waals surface area contributed by atoms with E-state index in [4.69, 9.17) is 0 Å². The monoisotopic (exact) mass is 383 g/mol. The van der Waals surface area contributed by atoms with Gasteiger partial charge in [-0.05, 0) is 23.3 Å². The molecule has 0 spiro atoms. The summed E-state index contributed by atoms with van der Waals surface area (Å²) in [5.41, 5.74) is 1.68. The maximum Gasteiger partial charge on any atom is 0.225 e. The highest BCUT2D eigenvalue weighted by atomic mass is 32.2. The second kappa shape index (κ2) is 7.75.